The summed E-state index contributed by atoms with van der Waals surface area (Å²) in [6.45, 7) is 0.199. The van der Waals surface area contributed by atoms with E-state index in [-0.39, 0.29) is 19.1 Å². The Morgan fingerprint density at radius 1 is 1.22 bits per heavy atom. The van der Waals surface area contributed by atoms with E-state index in [0.29, 0.717) is 27.3 Å². The lowest BCUT2D eigenvalue weighted by molar-refractivity contribution is -0.118. The van der Waals surface area contributed by atoms with Gasteiger partial charge >= 0.3 is 6.03 Å². The van der Waals surface area contributed by atoms with Crippen molar-refractivity contribution in [2.24, 2.45) is 0 Å². The van der Waals surface area contributed by atoms with Crippen molar-refractivity contribution >= 4 is 34.1 Å². The van der Waals surface area contributed by atoms with Crippen molar-refractivity contribution in [2.45, 2.75) is 6.54 Å². The van der Waals surface area contributed by atoms with Gasteiger partial charge in [0.15, 0.2) is 11.6 Å². The maximum Gasteiger partial charge on any atom is 0.321 e. The summed E-state index contributed by atoms with van der Waals surface area (Å²) in [5, 5.41) is 17.1. The molecule has 0 unspecified atom stereocenters. The Bertz CT molecular complexity index is 991. The van der Waals surface area contributed by atoms with E-state index in [1.165, 1.54) is 11.3 Å². The summed E-state index contributed by atoms with van der Waals surface area (Å²) in [7, 11) is 0. The van der Waals surface area contributed by atoms with Crippen LogP contribution in [0.4, 0.5) is 15.6 Å². The molecule has 3 amide bonds. The number of nitrogens with one attached hydrogen (secondary N) is 3. The lowest BCUT2D eigenvalue weighted by Gasteiger charge is -2.20. The summed E-state index contributed by atoms with van der Waals surface area (Å²) >= 11 is 1.23. The highest BCUT2D eigenvalue weighted by atomic mass is 32.1. The van der Waals surface area contributed by atoms with Gasteiger partial charge in [0.1, 0.15) is 11.4 Å². The number of urea groups is 1. The van der Waals surface area contributed by atoms with Crippen molar-refractivity contribution in [3.05, 3.63) is 48.2 Å². The minimum atomic E-state index is -0.431. The number of hydrogen-bond donors (Lipinski definition) is 3. The number of hydrogen-bond acceptors (Lipinski definition) is 7. The minimum absolute atomic E-state index is 0.0139. The van der Waals surface area contributed by atoms with E-state index in [1.807, 2.05) is 18.2 Å². The Kier molecular flexibility index (Phi) is 4.62. The first kappa shape index (κ1) is 16.9. The quantitative estimate of drug-likeness (QED) is 0.637. The van der Waals surface area contributed by atoms with Crippen LogP contribution in [-0.2, 0) is 11.3 Å². The third-order valence-electron chi connectivity index (χ3n) is 3.70. The van der Waals surface area contributed by atoms with Crippen LogP contribution in [0.2, 0.25) is 0 Å². The smallest absolute Gasteiger partial charge is 0.321 e. The molecule has 3 heterocycles. The number of carbonyl (C=O) groups excluding carboxylic acids is 2. The fourth-order valence-corrected chi connectivity index (χ4v) is 3.20. The van der Waals surface area contributed by atoms with Gasteiger partial charge in [-0.05, 0) is 23.8 Å². The van der Waals surface area contributed by atoms with Crippen LogP contribution in [0.15, 0.2) is 42.6 Å². The van der Waals surface area contributed by atoms with Crippen LogP contribution < -0.4 is 20.7 Å². The van der Waals surface area contributed by atoms with E-state index < -0.39 is 6.03 Å². The Hall–Kier alpha value is -3.53. The molecule has 9 nitrogen and oxygen atoms in total. The molecule has 0 spiro atoms. The van der Waals surface area contributed by atoms with Gasteiger partial charge in [-0.1, -0.05) is 29.5 Å². The van der Waals surface area contributed by atoms with Crippen LogP contribution in [-0.4, -0.2) is 33.7 Å². The SMILES string of the molecule is O=C1COc2cccc(CNC(=O)Nc3nnc(-c4ccccn4)s3)c2N1. The second kappa shape index (κ2) is 7.38. The van der Waals surface area contributed by atoms with Crippen LogP contribution >= 0.6 is 11.3 Å². The fraction of sp³-hybridized carbons (Fsp3) is 0.118. The summed E-state index contributed by atoms with van der Waals surface area (Å²) in [6.07, 6.45) is 1.67. The highest BCUT2D eigenvalue weighted by molar-refractivity contribution is 7.18. The monoisotopic (exact) mass is 382 g/mol. The van der Waals surface area contributed by atoms with Gasteiger partial charge in [0.05, 0.1) is 5.69 Å². The van der Waals surface area contributed by atoms with Crippen LogP contribution in [0.3, 0.4) is 0 Å². The number of rotatable bonds is 4. The Morgan fingerprint density at radius 3 is 3.00 bits per heavy atom. The van der Waals surface area contributed by atoms with E-state index in [9.17, 15) is 9.59 Å². The largest absolute Gasteiger partial charge is 0.482 e. The molecule has 4 rings (SSSR count). The number of para-hydroxylation sites is 1. The number of benzene rings is 1. The van der Waals surface area contributed by atoms with Gasteiger partial charge < -0.3 is 15.4 Å². The molecule has 3 N–H and O–H groups in total. The molecule has 0 bridgehead atoms. The summed E-state index contributed by atoms with van der Waals surface area (Å²) in [4.78, 5) is 27.9. The van der Waals surface area contributed by atoms with E-state index in [1.54, 1.807) is 24.4 Å². The maximum absolute atomic E-state index is 12.1. The van der Waals surface area contributed by atoms with Crippen molar-refractivity contribution in [2.75, 3.05) is 17.2 Å². The molecule has 0 saturated heterocycles. The van der Waals surface area contributed by atoms with E-state index in [2.05, 4.69) is 31.1 Å². The first-order valence-electron chi connectivity index (χ1n) is 8.03. The molecule has 1 aliphatic heterocycles. The van der Waals surface area contributed by atoms with Gasteiger partial charge in [-0.15, -0.1) is 10.2 Å². The van der Waals surface area contributed by atoms with Gasteiger partial charge in [0.2, 0.25) is 5.13 Å². The molecule has 10 heteroatoms. The second-order valence-electron chi connectivity index (χ2n) is 5.56. The van der Waals surface area contributed by atoms with Crippen molar-refractivity contribution in [3.8, 4) is 16.5 Å². The van der Waals surface area contributed by atoms with Crippen LogP contribution in [0.1, 0.15) is 5.56 Å². The number of amides is 3. The zero-order valence-corrected chi connectivity index (χ0v) is 14.7. The molecule has 0 saturated carbocycles. The molecule has 0 atom stereocenters. The number of carbonyl (C=O) groups is 2. The van der Waals surface area contributed by atoms with E-state index in [0.717, 1.165) is 5.56 Å². The highest BCUT2D eigenvalue weighted by Crippen LogP contribution is 2.31. The van der Waals surface area contributed by atoms with Crippen LogP contribution in [0.25, 0.3) is 10.7 Å². The molecule has 1 aromatic carbocycles. The van der Waals surface area contributed by atoms with Crippen molar-refractivity contribution < 1.29 is 14.3 Å². The molecular weight excluding hydrogens is 368 g/mol. The number of pyridine rings is 1. The van der Waals surface area contributed by atoms with Gasteiger partial charge in [-0.3, -0.25) is 15.1 Å². The third-order valence-corrected chi connectivity index (χ3v) is 4.57. The lowest BCUT2D eigenvalue weighted by Crippen LogP contribution is -2.30. The Balaban J connectivity index is 1.38. The fourth-order valence-electron chi connectivity index (χ4n) is 2.49. The molecule has 27 heavy (non-hydrogen) atoms. The predicted octanol–water partition coefficient (Wildman–Crippen LogP) is 2.25. The van der Waals surface area contributed by atoms with Gasteiger partial charge in [-0.2, -0.15) is 0 Å². The lowest BCUT2D eigenvalue weighted by atomic mass is 10.1. The molecule has 2 aromatic heterocycles. The molecule has 0 radical (unpaired) electrons. The molecule has 3 aromatic rings. The van der Waals surface area contributed by atoms with Gasteiger partial charge in [0, 0.05) is 12.7 Å². The zero-order chi connectivity index (χ0) is 18.6. The molecule has 0 fully saturated rings. The van der Waals surface area contributed by atoms with Crippen LogP contribution in [0, 0.1) is 0 Å². The first-order chi connectivity index (χ1) is 13.2. The first-order valence-corrected chi connectivity index (χ1v) is 8.85. The average molecular weight is 382 g/mol. The number of fused-ring (bicyclic) bond motifs is 1. The summed E-state index contributed by atoms with van der Waals surface area (Å²) in [5.41, 5.74) is 2.00. The standard InChI is InChI=1S/C17H14N6O3S/c24-13-9-26-12-6-3-4-10(14(12)20-13)8-19-16(25)21-17-23-22-15(27-17)11-5-1-2-7-18-11/h1-7H,8-9H2,(H,20,24)(H2,19,21,23,25). The summed E-state index contributed by atoms with van der Waals surface area (Å²) in [5.74, 6) is 0.355. The highest BCUT2D eigenvalue weighted by Gasteiger charge is 2.19. The Labute approximate surface area is 157 Å². The zero-order valence-electron chi connectivity index (χ0n) is 13.9. The predicted molar refractivity (Wildman–Crippen MR) is 99.6 cm³/mol. The van der Waals surface area contributed by atoms with Crippen LogP contribution in [0.5, 0.6) is 5.75 Å². The topological polar surface area (TPSA) is 118 Å². The van der Waals surface area contributed by atoms with E-state index >= 15 is 0 Å². The van der Waals surface area contributed by atoms with Crippen molar-refractivity contribution in [3.63, 3.8) is 0 Å². The normalized spacial score (nSPS) is 12.5. The average Bonchev–Trinajstić information content (AvgIpc) is 3.15. The number of aromatic nitrogens is 3. The van der Waals surface area contributed by atoms with Gasteiger partial charge in [0.25, 0.3) is 5.91 Å². The number of anilines is 2. The molecule has 0 aliphatic carbocycles. The van der Waals surface area contributed by atoms with Crippen molar-refractivity contribution in [1.82, 2.24) is 20.5 Å². The molecular formula is C17H14N6O3S. The summed E-state index contributed by atoms with van der Waals surface area (Å²) in [6, 6.07) is 10.4. The third kappa shape index (κ3) is 3.85. The summed E-state index contributed by atoms with van der Waals surface area (Å²) < 4.78 is 5.36. The molecule has 1 aliphatic rings. The number of nitrogens with zero attached hydrogens (tertiary/aromatic N) is 3. The number of ether oxygens (including phenoxy) is 1. The van der Waals surface area contributed by atoms with Crippen molar-refractivity contribution in [1.29, 1.82) is 0 Å². The van der Waals surface area contributed by atoms with Gasteiger partial charge in [-0.25, -0.2) is 4.79 Å². The second-order valence-corrected chi connectivity index (χ2v) is 6.54. The van der Waals surface area contributed by atoms with E-state index in [4.69, 9.17) is 4.74 Å². The molecule has 136 valence electrons. The Morgan fingerprint density at radius 2 is 2.15 bits per heavy atom. The maximum atomic E-state index is 12.1. The minimum Gasteiger partial charge on any atom is -0.482 e.